The second-order valence-corrected chi connectivity index (χ2v) is 5.90. The highest BCUT2D eigenvalue weighted by Gasteiger charge is 2.33. The van der Waals surface area contributed by atoms with Crippen molar-refractivity contribution in [2.24, 2.45) is 0 Å². The zero-order valence-electron chi connectivity index (χ0n) is 12.4. The normalized spacial score (nSPS) is 12.7. The lowest BCUT2D eigenvalue weighted by Crippen LogP contribution is -2.13. The maximum Gasteiger partial charge on any atom is 0.434 e. The summed E-state index contributed by atoms with van der Waals surface area (Å²) in [6, 6.07) is 6.42. The molecule has 0 saturated carbocycles. The number of aromatic nitrogens is 1. The number of alkyl halides is 3. The van der Waals surface area contributed by atoms with Crippen molar-refractivity contribution in [1.29, 1.82) is 0 Å². The standard InChI is InChI=1S/C15H13F3N2O3S/c1-8(11(21)6-13(22)23)9-2-4-10(5-3-9)19-14-20-12(7-24-14)15(16,17)18/h2-5,7-8H,6H2,1H3,(H,19,20)(H,22,23)/t8-/m1/s1. The van der Waals surface area contributed by atoms with Crippen LogP contribution in [0.5, 0.6) is 0 Å². The number of carbonyl (C=O) groups excluding carboxylic acids is 1. The number of nitrogens with one attached hydrogen (secondary N) is 1. The van der Waals surface area contributed by atoms with Gasteiger partial charge >= 0.3 is 12.1 Å². The van der Waals surface area contributed by atoms with Crippen LogP contribution in [0.2, 0.25) is 0 Å². The molecular formula is C15H13F3N2O3S. The molecule has 2 rings (SSSR count). The van der Waals surface area contributed by atoms with Gasteiger partial charge in [0.25, 0.3) is 0 Å². The highest BCUT2D eigenvalue weighted by atomic mass is 32.1. The fraction of sp³-hybridized carbons (Fsp3) is 0.267. The van der Waals surface area contributed by atoms with Gasteiger partial charge in [-0.2, -0.15) is 13.2 Å². The van der Waals surface area contributed by atoms with Gasteiger partial charge in [-0.25, -0.2) is 4.98 Å². The van der Waals surface area contributed by atoms with Crippen LogP contribution in [0.25, 0.3) is 0 Å². The first kappa shape index (κ1) is 17.9. The Morgan fingerprint density at radius 3 is 2.42 bits per heavy atom. The summed E-state index contributed by atoms with van der Waals surface area (Å²) >= 11 is 0.832. The van der Waals surface area contributed by atoms with Gasteiger partial charge in [-0.05, 0) is 17.7 Å². The van der Waals surface area contributed by atoms with E-state index in [2.05, 4.69) is 10.3 Å². The van der Waals surface area contributed by atoms with Crippen LogP contribution in [0.1, 0.15) is 30.5 Å². The topological polar surface area (TPSA) is 79.3 Å². The highest BCUT2D eigenvalue weighted by Crippen LogP contribution is 2.32. The smallest absolute Gasteiger partial charge is 0.434 e. The lowest BCUT2D eigenvalue weighted by molar-refractivity contribution is -0.141. The van der Waals surface area contributed by atoms with E-state index in [1.165, 1.54) is 0 Å². The number of carbonyl (C=O) groups is 2. The highest BCUT2D eigenvalue weighted by molar-refractivity contribution is 7.13. The van der Waals surface area contributed by atoms with E-state index in [9.17, 15) is 22.8 Å². The predicted octanol–water partition coefficient (Wildman–Crippen LogP) is 4.05. The van der Waals surface area contributed by atoms with Crippen molar-refractivity contribution in [1.82, 2.24) is 4.98 Å². The summed E-state index contributed by atoms with van der Waals surface area (Å²) in [4.78, 5) is 25.7. The minimum Gasteiger partial charge on any atom is -0.481 e. The number of anilines is 2. The van der Waals surface area contributed by atoms with Crippen LogP contribution >= 0.6 is 11.3 Å². The SMILES string of the molecule is C[C@@H](C(=O)CC(=O)O)c1ccc(Nc2nc(C(F)(F)F)cs2)cc1. The maximum atomic E-state index is 12.5. The molecule has 1 aromatic heterocycles. The van der Waals surface area contributed by atoms with E-state index in [1.807, 2.05) is 0 Å². The Labute approximate surface area is 139 Å². The minimum absolute atomic E-state index is 0.102. The number of nitrogens with zero attached hydrogens (tertiary/aromatic N) is 1. The van der Waals surface area contributed by atoms with Crippen molar-refractivity contribution in [2.45, 2.75) is 25.4 Å². The van der Waals surface area contributed by atoms with E-state index in [-0.39, 0.29) is 5.13 Å². The van der Waals surface area contributed by atoms with Gasteiger partial charge < -0.3 is 10.4 Å². The van der Waals surface area contributed by atoms with Crippen LogP contribution in [0.4, 0.5) is 24.0 Å². The largest absolute Gasteiger partial charge is 0.481 e. The first-order valence-electron chi connectivity index (χ1n) is 6.81. The number of hydrogen-bond donors (Lipinski definition) is 2. The number of ketones is 1. The quantitative estimate of drug-likeness (QED) is 0.762. The molecule has 0 aliphatic rings. The summed E-state index contributed by atoms with van der Waals surface area (Å²) in [5.74, 6) is -2.18. The Morgan fingerprint density at radius 2 is 1.92 bits per heavy atom. The van der Waals surface area contributed by atoms with Crippen LogP contribution in [0.15, 0.2) is 29.6 Å². The van der Waals surface area contributed by atoms with Crippen molar-refractivity contribution in [3.63, 3.8) is 0 Å². The molecule has 0 aliphatic heterocycles. The average molecular weight is 358 g/mol. The summed E-state index contributed by atoms with van der Waals surface area (Å²) in [6.45, 7) is 1.60. The Kier molecular flexibility index (Phi) is 5.23. The molecule has 128 valence electrons. The number of rotatable bonds is 6. The van der Waals surface area contributed by atoms with Gasteiger partial charge in [0, 0.05) is 17.0 Å². The third-order valence-corrected chi connectivity index (χ3v) is 4.02. The number of carboxylic acid groups (broad SMARTS) is 1. The van der Waals surface area contributed by atoms with Crippen molar-refractivity contribution in [3.05, 3.63) is 40.9 Å². The first-order valence-corrected chi connectivity index (χ1v) is 7.69. The van der Waals surface area contributed by atoms with Crippen LogP contribution in [0, 0.1) is 0 Å². The zero-order chi connectivity index (χ0) is 17.9. The van der Waals surface area contributed by atoms with Crippen molar-refractivity contribution >= 4 is 33.9 Å². The summed E-state index contributed by atoms with van der Waals surface area (Å²) in [6.07, 6.45) is -5.04. The molecule has 0 bridgehead atoms. The second-order valence-electron chi connectivity index (χ2n) is 5.04. The lowest BCUT2D eigenvalue weighted by Gasteiger charge is -2.10. The van der Waals surface area contributed by atoms with Crippen LogP contribution in [-0.2, 0) is 15.8 Å². The molecule has 1 atom stereocenters. The van der Waals surface area contributed by atoms with E-state index in [1.54, 1.807) is 31.2 Å². The minimum atomic E-state index is -4.49. The number of aliphatic carboxylic acids is 1. The Bertz CT molecular complexity index is 741. The number of benzene rings is 1. The first-order chi connectivity index (χ1) is 11.2. The molecule has 0 spiro atoms. The van der Waals surface area contributed by atoms with Gasteiger partial charge in [-0.15, -0.1) is 11.3 Å². The van der Waals surface area contributed by atoms with E-state index < -0.39 is 36.0 Å². The molecule has 5 nitrogen and oxygen atoms in total. The van der Waals surface area contributed by atoms with Gasteiger partial charge in [0.1, 0.15) is 6.42 Å². The molecule has 24 heavy (non-hydrogen) atoms. The molecule has 1 aromatic carbocycles. The number of thiazole rings is 1. The van der Waals surface area contributed by atoms with Crippen molar-refractivity contribution in [2.75, 3.05) is 5.32 Å². The molecule has 2 aromatic rings. The van der Waals surface area contributed by atoms with Gasteiger partial charge in [-0.1, -0.05) is 19.1 Å². The molecule has 0 amide bonds. The summed E-state index contributed by atoms with van der Waals surface area (Å²) < 4.78 is 37.5. The van der Waals surface area contributed by atoms with Crippen molar-refractivity contribution < 1.29 is 27.9 Å². The van der Waals surface area contributed by atoms with Crippen LogP contribution in [-0.4, -0.2) is 21.8 Å². The molecule has 0 radical (unpaired) electrons. The third kappa shape index (κ3) is 4.54. The van der Waals surface area contributed by atoms with E-state index in [0.29, 0.717) is 11.3 Å². The van der Waals surface area contributed by atoms with Gasteiger partial charge in [-0.3, -0.25) is 9.59 Å². The van der Waals surface area contributed by atoms with Crippen LogP contribution in [0.3, 0.4) is 0 Å². The third-order valence-electron chi connectivity index (χ3n) is 3.26. The maximum absolute atomic E-state index is 12.5. The van der Waals surface area contributed by atoms with Gasteiger partial charge in [0.15, 0.2) is 16.6 Å². The number of carboxylic acids is 1. The molecule has 9 heteroatoms. The van der Waals surface area contributed by atoms with E-state index in [0.717, 1.165) is 16.7 Å². The number of halogens is 3. The molecule has 1 heterocycles. The van der Waals surface area contributed by atoms with Gasteiger partial charge in [0.05, 0.1) is 0 Å². The van der Waals surface area contributed by atoms with E-state index >= 15 is 0 Å². The average Bonchev–Trinajstić information content (AvgIpc) is 2.95. The summed E-state index contributed by atoms with van der Waals surface area (Å²) in [5, 5.41) is 12.4. The Morgan fingerprint density at radius 1 is 1.29 bits per heavy atom. The summed E-state index contributed by atoms with van der Waals surface area (Å²) in [5.41, 5.74) is 0.182. The molecule has 0 fully saturated rings. The molecular weight excluding hydrogens is 345 g/mol. The monoisotopic (exact) mass is 358 g/mol. The Balaban J connectivity index is 2.05. The molecule has 0 saturated heterocycles. The molecule has 2 N–H and O–H groups in total. The lowest BCUT2D eigenvalue weighted by atomic mass is 9.95. The van der Waals surface area contributed by atoms with Crippen LogP contribution < -0.4 is 5.32 Å². The number of hydrogen-bond acceptors (Lipinski definition) is 5. The van der Waals surface area contributed by atoms with E-state index in [4.69, 9.17) is 5.11 Å². The predicted molar refractivity (Wildman–Crippen MR) is 82.5 cm³/mol. The fourth-order valence-corrected chi connectivity index (χ4v) is 2.67. The zero-order valence-corrected chi connectivity index (χ0v) is 13.2. The second kappa shape index (κ2) is 7.00. The summed E-state index contributed by atoms with van der Waals surface area (Å²) in [7, 11) is 0. The van der Waals surface area contributed by atoms with Gasteiger partial charge in [0.2, 0.25) is 0 Å². The molecule has 0 aliphatic carbocycles. The number of Topliss-reactive ketones (excluding diaryl/α,β-unsaturated/α-hetero) is 1. The fourth-order valence-electron chi connectivity index (χ4n) is 1.93. The van der Waals surface area contributed by atoms with Crippen molar-refractivity contribution in [3.8, 4) is 0 Å². The Hall–Kier alpha value is -2.42. The molecule has 0 unspecified atom stereocenters.